The van der Waals surface area contributed by atoms with Gasteiger partial charge >= 0.3 is 0 Å². The molecule has 0 saturated carbocycles. The van der Waals surface area contributed by atoms with Crippen LogP contribution >= 0.6 is 23.2 Å². The Balaban J connectivity index is 2.48. The van der Waals surface area contributed by atoms with Crippen LogP contribution in [0.25, 0.3) is 0 Å². The Morgan fingerprint density at radius 3 is 2.50 bits per heavy atom. The van der Waals surface area contributed by atoms with E-state index in [2.05, 4.69) is 19.2 Å². The standard InChI is InChI=1S/C12H17Cl2NO/c1-3-15-7-9(2)8-16-12-10(13)5-4-6-11(12)14/h4-6,9,15H,3,7-8H2,1-2H3. The van der Waals surface area contributed by atoms with E-state index in [1.165, 1.54) is 0 Å². The second kappa shape index (κ2) is 7.00. The Morgan fingerprint density at radius 2 is 1.94 bits per heavy atom. The van der Waals surface area contributed by atoms with Gasteiger partial charge < -0.3 is 10.1 Å². The van der Waals surface area contributed by atoms with E-state index in [0.29, 0.717) is 28.3 Å². The molecule has 0 saturated heterocycles. The number of para-hydroxylation sites is 1. The molecule has 16 heavy (non-hydrogen) atoms. The summed E-state index contributed by atoms with van der Waals surface area (Å²) < 4.78 is 5.62. The van der Waals surface area contributed by atoms with Gasteiger partial charge in [-0.1, -0.05) is 43.1 Å². The zero-order chi connectivity index (χ0) is 12.0. The van der Waals surface area contributed by atoms with E-state index >= 15 is 0 Å². The van der Waals surface area contributed by atoms with Crippen molar-refractivity contribution in [1.29, 1.82) is 0 Å². The molecule has 1 rings (SSSR count). The highest BCUT2D eigenvalue weighted by Crippen LogP contribution is 2.32. The van der Waals surface area contributed by atoms with Crippen LogP contribution in [-0.4, -0.2) is 19.7 Å². The van der Waals surface area contributed by atoms with Gasteiger partial charge in [0.1, 0.15) is 0 Å². The van der Waals surface area contributed by atoms with E-state index in [4.69, 9.17) is 27.9 Å². The summed E-state index contributed by atoms with van der Waals surface area (Å²) in [7, 11) is 0. The Bertz CT molecular complexity index is 311. The monoisotopic (exact) mass is 261 g/mol. The molecule has 0 heterocycles. The second-order valence-corrected chi connectivity index (χ2v) is 4.59. The van der Waals surface area contributed by atoms with Gasteiger partial charge in [-0.15, -0.1) is 0 Å². The molecule has 1 aromatic rings. The van der Waals surface area contributed by atoms with E-state index in [-0.39, 0.29) is 0 Å². The summed E-state index contributed by atoms with van der Waals surface area (Å²) in [6.07, 6.45) is 0. The number of benzene rings is 1. The van der Waals surface area contributed by atoms with Crippen molar-refractivity contribution in [2.45, 2.75) is 13.8 Å². The van der Waals surface area contributed by atoms with Crippen LogP contribution in [0.4, 0.5) is 0 Å². The maximum absolute atomic E-state index is 5.99. The van der Waals surface area contributed by atoms with Gasteiger partial charge in [0.05, 0.1) is 16.7 Å². The first-order valence-corrected chi connectivity index (χ1v) is 6.18. The maximum Gasteiger partial charge on any atom is 0.156 e. The lowest BCUT2D eigenvalue weighted by atomic mass is 10.2. The fraction of sp³-hybridized carbons (Fsp3) is 0.500. The largest absolute Gasteiger partial charge is 0.490 e. The van der Waals surface area contributed by atoms with Crippen LogP contribution in [-0.2, 0) is 0 Å². The first kappa shape index (κ1) is 13.6. The summed E-state index contributed by atoms with van der Waals surface area (Å²) in [6.45, 7) is 6.71. The van der Waals surface area contributed by atoms with Crippen LogP contribution in [0, 0.1) is 5.92 Å². The fourth-order valence-corrected chi connectivity index (χ4v) is 1.80. The molecule has 1 N–H and O–H groups in total. The molecule has 0 fully saturated rings. The van der Waals surface area contributed by atoms with Crippen molar-refractivity contribution in [1.82, 2.24) is 5.32 Å². The summed E-state index contributed by atoms with van der Waals surface area (Å²) in [5, 5.41) is 4.38. The van der Waals surface area contributed by atoms with Crippen molar-refractivity contribution in [3.05, 3.63) is 28.2 Å². The van der Waals surface area contributed by atoms with Crippen LogP contribution in [0.5, 0.6) is 5.75 Å². The van der Waals surface area contributed by atoms with E-state index in [1.54, 1.807) is 18.2 Å². The van der Waals surface area contributed by atoms with Crippen molar-refractivity contribution in [2.24, 2.45) is 5.92 Å². The van der Waals surface area contributed by atoms with E-state index in [9.17, 15) is 0 Å². The van der Waals surface area contributed by atoms with Gasteiger partial charge in [0.15, 0.2) is 5.75 Å². The summed E-state index contributed by atoms with van der Waals surface area (Å²) >= 11 is 12.0. The van der Waals surface area contributed by atoms with Gasteiger partial charge in [-0.05, 0) is 18.7 Å². The third-order valence-electron chi connectivity index (χ3n) is 2.17. The van der Waals surface area contributed by atoms with E-state index in [1.807, 2.05) is 0 Å². The van der Waals surface area contributed by atoms with E-state index < -0.39 is 0 Å². The zero-order valence-electron chi connectivity index (χ0n) is 9.59. The molecule has 0 amide bonds. The predicted molar refractivity (Wildman–Crippen MR) is 69.7 cm³/mol. The molecule has 0 bridgehead atoms. The van der Waals surface area contributed by atoms with E-state index in [0.717, 1.165) is 13.1 Å². The van der Waals surface area contributed by atoms with Crippen molar-refractivity contribution in [3.8, 4) is 5.75 Å². The average molecular weight is 262 g/mol. The van der Waals surface area contributed by atoms with Gasteiger partial charge in [-0.3, -0.25) is 0 Å². The number of nitrogens with one attached hydrogen (secondary N) is 1. The molecule has 0 aliphatic heterocycles. The number of ether oxygens (including phenoxy) is 1. The predicted octanol–water partition coefficient (Wildman–Crippen LogP) is 3.62. The third kappa shape index (κ3) is 4.20. The average Bonchev–Trinajstić information content (AvgIpc) is 2.25. The summed E-state index contributed by atoms with van der Waals surface area (Å²) in [5.74, 6) is 1.00. The Morgan fingerprint density at radius 1 is 1.31 bits per heavy atom. The van der Waals surface area contributed by atoms with Crippen molar-refractivity contribution in [2.75, 3.05) is 19.7 Å². The maximum atomic E-state index is 5.99. The molecule has 2 nitrogen and oxygen atoms in total. The highest BCUT2D eigenvalue weighted by atomic mass is 35.5. The lowest BCUT2D eigenvalue weighted by molar-refractivity contribution is 0.257. The molecule has 0 aliphatic carbocycles. The van der Waals surface area contributed by atoms with Crippen LogP contribution in [0.15, 0.2) is 18.2 Å². The number of halogens is 2. The lowest BCUT2D eigenvalue weighted by Crippen LogP contribution is -2.24. The highest BCUT2D eigenvalue weighted by molar-refractivity contribution is 6.37. The second-order valence-electron chi connectivity index (χ2n) is 3.77. The first-order chi connectivity index (χ1) is 7.65. The Labute approximate surface area is 107 Å². The topological polar surface area (TPSA) is 21.3 Å². The van der Waals surface area contributed by atoms with Crippen LogP contribution < -0.4 is 10.1 Å². The van der Waals surface area contributed by atoms with Crippen molar-refractivity contribution in [3.63, 3.8) is 0 Å². The fourth-order valence-electron chi connectivity index (χ4n) is 1.30. The normalized spacial score (nSPS) is 12.5. The Hall–Kier alpha value is -0.440. The minimum atomic E-state index is 0.423. The van der Waals surface area contributed by atoms with Gasteiger partial charge in [0.2, 0.25) is 0 Å². The van der Waals surface area contributed by atoms with Gasteiger partial charge in [0, 0.05) is 12.5 Å². The molecule has 0 aliphatic rings. The quantitative estimate of drug-likeness (QED) is 0.845. The molecule has 1 aromatic carbocycles. The molecule has 1 atom stereocenters. The molecule has 0 radical (unpaired) electrons. The molecule has 1 unspecified atom stereocenters. The number of hydrogen-bond donors (Lipinski definition) is 1. The summed E-state index contributed by atoms with van der Waals surface area (Å²) in [6, 6.07) is 5.36. The van der Waals surface area contributed by atoms with Crippen LogP contribution in [0.2, 0.25) is 10.0 Å². The summed E-state index contributed by atoms with van der Waals surface area (Å²) in [5.41, 5.74) is 0. The smallest absolute Gasteiger partial charge is 0.156 e. The molecular weight excluding hydrogens is 245 g/mol. The third-order valence-corrected chi connectivity index (χ3v) is 2.77. The van der Waals surface area contributed by atoms with Gasteiger partial charge in [-0.25, -0.2) is 0 Å². The minimum absolute atomic E-state index is 0.423. The Kier molecular flexibility index (Phi) is 5.96. The van der Waals surface area contributed by atoms with Crippen LogP contribution in [0.3, 0.4) is 0 Å². The highest BCUT2D eigenvalue weighted by Gasteiger charge is 2.08. The van der Waals surface area contributed by atoms with Crippen LogP contribution in [0.1, 0.15) is 13.8 Å². The number of hydrogen-bond acceptors (Lipinski definition) is 2. The van der Waals surface area contributed by atoms with Gasteiger partial charge in [0.25, 0.3) is 0 Å². The molecule has 4 heteroatoms. The lowest BCUT2D eigenvalue weighted by Gasteiger charge is -2.15. The van der Waals surface area contributed by atoms with Crippen molar-refractivity contribution < 1.29 is 4.74 Å². The number of rotatable bonds is 6. The van der Waals surface area contributed by atoms with Crippen molar-refractivity contribution >= 4 is 23.2 Å². The summed E-state index contributed by atoms with van der Waals surface area (Å²) in [4.78, 5) is 0. The SMILES string of the molecule is CCNCC(C)COc1c(Cl)cccc1Cl. The zero-order valence-corrected chi connectivity index (χ0v) is 11.1. The first-order valence-electron chi connectivity index (χ1n) is 5.42. The molecular formula is C12H17Cl2NO. The van der Waals surface area contributed by atoms with Gasteiger partial charge in [-0.2, -0.15) is 0 Å². The molecule has 0 spiro atoms. The molecule has 90 valence electrons. The molecule has 0 aromatic heterocycles. The minimum Gasteiger partial charge on any atom is -0.490 e.